The van der Waals surface area contributed by atoms with E-state index < -0.39 is 9.84 Å². The van der Waals surface area contributed by atoms with Crippen LogP contribution in [0.25, 0.3) is 0 Å². The maximum absolute atomic E-state index is 11.2. The molecule has 0 unspecified atom stereocenters. The summed E-state index contributed by atoms with van der Waals surface area (Å²) in [4.78, 5) is 4.16. The summed E-state index contributed by atoms with van der Waals surface area (Å²) < 4.78 is 22.3. The Kier molecular flexibility index (Phi) is 7.79. The van der Waals surface area contributed by atoms with Gasteiger partial charge in [-0.2, -0.15) is 0 Å². The monoisotopic (exact) mass is 451 g/mol. The molecular weight excluding hydrogens is 425 g/mol. The topological polar surface area (TPSA) is 70.6 Å². The van der Waals surface area contributed by atoms with Crippen LogP contribution in [-0.4, -0.2) is 46.5 Å². The Labute approximate surface area is 156 Å². The summed E-state index contributed by atoms with van der Waals surface area (Å²) in [5.74, 6) is 0.767. The van der Waals surface area contributed by atoms with Crippen molar-refractivity contribution < 1.29 is 8.42 Å². The summed E-state index contributed by atoms with van der Waals surface area (Å²) in [6.07, 6.45) is 4.83. The molecule has 7 heteroatoms. The average molecular weight is 451 g/mol. The van der Waals surface area contributed by atoms with Crippen molar-refractivity contribution in [3.05, 3.63) is 35.9 Å². The molecule has 0 radical (unpaired) electrons. The van der Waals surface area contributed by atoms with E-state index in [1.165, 1.54) is 31.1 Å². The predicted octanol–water partition coefficient (Wildman–Crippen LogP) is 1.94. The van der Waals surface area contributed by atoms with E-state index >= 15 is 0 Å². The van der Waals surface area contributed by atoms with Gasteiger partial charge in [0.15, 0.2) is 5.96 Å². The van der Waals surface area contributed by atoms with E-state index in [0.717, 1.165) is 6.54 Å². The highest BCUT2D eigenvalue weighted by molar-refractivity contribution is 14.0. The molecule has 0 spiro atoms. The van der Waals surface area contributed by atoms with Gasteiger partial charge < -0.3 is 10.6 Å². The van der Waals surface area contributed by atoms with Crippen molar-refractivity contribution in [2.75, 3.05) is 32.1 Å². The largest absolute Gasteiger partial charge is 0.356 e. The van der Waals surface area contributed by atoms with Crippen LogP contribution in [0.2, 0.25) is 0 Å². The first kappa shape index (κ1) is 20.2. The van der Waals surface area contributed by atoms with E-state index in [-0.39, 0.29) is 35.1 Å². The van der Waals surface area contributed by atoms with Gasteiger partial charge in [0.25, 0.3) is 0 Å². The number of hydrogen-bond acceptors (Lipinski definition) is 3. The minimum atomic E-state index is -2.95. The smallest absolute Gasteiger partial charge is 0.191 e. The standard InChI is InChI=1S/C16H25N3O2S.HI/c1-17-15(18-11-12-22(2,20)21)19-13-16(9-6-10-16)14-7-4-3-5-8-14;/h3-5,7-8H,6,9-13H2,1-2H3,(H2,17,18,19);1H. The zero-order chi connectivity index (χ0) is 16.1. The number of nitrogens with one attached hydrogen (secondary N) is 2. The second-order valence-corrected chi connectivity index (χ2v) is 8.24. The van der Waals surface area contributed by atoms with Crippen LogP contribution in [0, 0.1) is 0 Å². The van der Waals surface area contributed by atoms with E-state index in [0.29, 0.717) is 12.5 Å². The fraction of sp³-hybridized carbons (Fsp3) is 0.562. The van der Waals surface area contributed by atoms with Crippen LogP contribution in [0.1, 0.15) is 24.8 Å². The minimum absolute atomic E-state index is 0. The van der Waals surface area contributed by atoms with E-state index in [1.807, 2.05) is 6.07 Å². The first-order valence-corrected chi connectivity index (χ1v) is 9.69. The number of benzene rings is 1. The van der Waals surface area contributed by atoms with E-state index in [2.05, 4.69) is 39.9 Å². The molecule has 2 N–H and O–H groups in total. The predicted molar refractivity (Wildman–Crippen MR) is 106 cm³/mol. The number of aliphatic imine (C=N–C) groups is 1. The van der Waals surface area contributed by atoms with Gasteiger partial charge in [0.1, 0.15) is 9.84 Å². The summed E-state index contributed by atoms with van der Waals surface area (Å²) in [5.41, 5.74) is 1.54. The van der Waals surface area contributed by atoms with Crippen LogP contribution >= 0.6 is 24.0 Å². The highest BCUT2D eigenvalue weighted by Crippen LogP contribution is 2.43. The second-order valence-electron chi connectivity index (χ2n) is 5.98. The Balaban J connectivity index is 0.00000264. The molecule has 23 heavy (non-hydrogen) atoms. The zero-order valence-corrected chi connectivity index (χ0v) is 16.9. The van der Waals surface area contributed by atoms with Gasteiger partial charge in [0.2, 0.25) is 0 Å². The van der Waals surface area contributed by atoms with Gasteiger partial charge in [-0.1, -0.05) is 36.8 Å². The van der Waals surface area contributed by atoms with Crippen molar-refractivity contribution in [3.8, 4) is 0 Å². The van der Waals surface area contributed by atoms with Gasteiger partial charge >= 0.3 is 0 Å². The second kappa shape index (κ2) is 8.86. The zero-order valence-electron chi connectivity index (χ0n) is 13.7. The van der Waals surface area contributed by atoms with Crippen molar-refractivity contribution >= 4 is 39.8 Å². The molecule has 1 aromatic rings. The Hall–Kier alpha value is -0.830. The molecule has 1 aliphatic carbocycles. The van der Waals surface area contributed by atoms with Crippen molar-refractivity contribution in [2.45, 2.75) is 24.7 Å². The maximum atomic E-state index is 11.2. The maximum Gasteiger partial charge on any atom is 0.191 e. The van der Waals surface area contributed by atoms with E-state index in [4.69, 9.17) is 0 Å². The SMILES string of the molecule is CN=C(NCCS(C)(=O)=O)NCC1(c2ccccc2)CCC1.I. The molecule has 1 aromatic carbocycles. The molecule has 2 rings (SSSR count). The third-order valence-corrected chi connectivity index (χ3v) is 5.23. The van der Waals surface area contributed by atoms with Gasteiger partial charge in [-0.05, 0) is 18.4 Å². The molecule has 1 fully saturated rings. The third kappa shape index (κ3) is 5.95. The van der Waals surface area contributed by atoms with E-state index in [9.17, 15) is 8.42 Å². The Morgan fingerprint density at radius 1 is 1.22 bits per heavy atom. The van der Waals surface area contributed by atoms with Gasteiger partial charge in [-0.3, -0.25) is 4.99 Å². The molecule has 0 atom stereocenters. The Bertz CT molecular complexity index is 613. The molecular formula is C16H26IN3O2S. The molecule has 0 aliphatic heterocycles. The molecule has 1 aliphatic rings. The Morgan fingerprint density at radius 2 is 1.87 bits per heavy atom. The van der Waals surface area contributed by atoms with Crippen LogP contribution < -0.4 is 10.6 Å². The lowest BCUT2D eigenvalue weighted by Gasteiger charge is -2.43. The summed E-state index contributed by atoms with van der Waals surface area (Å²) in [7, 11) is -1.25. The fourth-order valence-corrected chi connectivity index (χ4v) is 3.26. The summed E-state index contributed by atoms with van der Waals surface area (Å²) in [6.45, 7) is 1.19. The number of hydrogen-bond donors (Lipinski definition) is 2. The number of sulfone groups is 1. The number of halogens is 1. The van der Waals surface area contributed by atoms with Gasteiger partial charge in [-0.15, -0.1) is 24.0 Å². The van der Waals surface area contributed by atoms with Crippen molar-refractivity contribution in [2.24, 2.45) is 4.99 Å². The average Bonchev–Trinajstić information content (AvgIpc) is 2.44. The van der Waals surface area contributed by atoms with Crippen LogP contribution in [0.15, 0.2) is 35.3 Å². The molecule has 130 valence electrons. The molecule has 1 saturated carbocycles. The first-order chi connectivity index (χ1) is 10.5. The van der Waals surface area contributed by atoms with Crippen molar-refractivity contribution in [1.29, 1.82) is 0 Å². The number of nitrogens with zero attached hydrogens (tertiary/aromatic N) is 1. The fourth-order valence-electron chi connectivity index (χ4n) is 2.79. The lowest BCUT2D eigenvalue weighted by atomic mass is 9.64. The number of rotatable bonds is 6. The van der Waals surface area contributed by atoms with Crippen molar-refractivity contribution in [3.63, 3.8) is 0 Å². The molecule has 0 heterocycles. The molecule has 0 amide bonds. The Morgan fingerprint density at radius 3 is 2.35 bits per heavy atom. The lowest BCUT2D eigenvalue weighted by molar-refractivity contribution is 0.244. The molecule has 0 aromatic heterocycles. The van der Waals surface area contributed by atoms with Crippen molar-refractivity contribution in [1.82, 2.24) is 10.6 Å². The first-order valence-electron chi connectivity index (χ1n) is 7.63. The quantitative estimate of drug-likeness (QED) is 0.394. The van der Waals surface area contributed by atoms with Crippen LogP contribution in [0.4, 0.5) is 0 Å². The highest BCUT2D eigenvalue weighted by Gasteiger charge is 2.38. The van der Waals surface area contributed by atoms with Gasteiger partial charge in [0, 0.05) is 31.8 Å². The minimum Gasteiger partial charge on any atom is -0.356 e. The highest BCUT2D eigenvalue weighted by atomic mass is 127. The van der Waals surface area contributed by atoms with Gasteiger partial charge in [0.05, 0.1) is 5.75 Å². The molecule has 0 saturated heterocycles. The normalized spacial score (nSPS) is 16.9. The summed E-state index contributed by atoms with van der Waals surface area (Å²) >= 11 is 0. The molecule has 5 nitrogen and oxygen atoms in total. The van der Waals surface area contributed by atoms with Crippen LogP contribution in [0.5, 0.6) is 0 Å². The van der Waals surface area contributed by atoms with E-state index in [1.54, 1.807) is 7.05 Å². The summed E-state index contributed by atoms with van der Waals surface area (Å²) in [6, 6.07) is 10.6. The summed E-state index contributed by atoms with van der Waals surface area (Å²) in [5, 5.41) is 6.40. The van der Waals surface area contributed by atoms with Crippen LogP contribution in [-0.2, 0) is 15.3 Å². The lowest BCUT2D eigenvalue weighted by Crippen LogP contribution is -2.49. The van der Waals surface area contributed by atoms with Crippen LogP contribution in [0.3, 0.4) is 0 Å². The van der Waals surface area contributed by atoms with Gasteiger partial charge in [-0.25, -0.2) is 8.42 Å². The molecule has 0 bridgehead atoms. The number of guanidine groups is 1. The third-order valence-electron chi connectivity index (χ3n) is 4.28.